The standard InChI is InChI=1S/C8H9NO3/c1-11-8(10)7-5-3-2-4-6(5)12-9-7/h2-4H2,1H3. The summed E-state index contributed by atoms with van der Waals surface area (Å²) in [6.45, 7) is 0. The third kappa shape index (κ3) is 0.913. The van der Waals surface area contributed by atoms with E-state index >= 15 is 0 Å². The van der Waals surface area contributed by atoms with Gasteiger partial charge >= 0.3 is 5.97 Å². The summed E-state index contributed by atoms with van der Waals surface area (Å²) in [6.07, 6.45) is 2.81. The quantitative estimate of drug-likeness (QED) is 0.584. The molecule has 0 saturated heterocycles. The molecule has 1 heterocycles. The summed E-state index contributed by atoms with van der Waals surface area (Å²) in [5.41, 5.74) is 1.28. The summed E-state index contributed by atoms with van der Waals surface area (Å²) >= 11 is 0. The number of hydrogen-bond donors (Lipinski definition) is 0. The van der Waals surface area contributed by atoms with E-state index in [1.165, 1.54) is 7.11 Å². The minimum atomic E-state index is -0.401. The van der Waals surface area contributed by atoms with Crippen molar-refractivity contribution in [3.63, 3.8) is 0 Å². The SMILES string of the molecule is COC(=O)c1noc2c1CCC2. The lowest BCUT2D eigenvalue weighted by Crippen LogP contribution is -2.04. The van der Waals surface area contributed by atoms with E-state index in [0.29, 0.717) is 5.69 Å². The number of aromatic nitrogens is 1. The average molecular weight is 167 g/mol. The molecule has 1 aliphatic rings. The van der Waals surface area contributed by atoms with Gasteiger partial charge in [-0.25, -0.2) is 4.79 Å². The zero-order valence-electron chi connectivity index (χ0n) is 6.79. The lowest BCUT2D eigenvalue weighted by atomic mass is 10.2. The summed E-state index contributed by atoms with van der Waals surface area (Å²) in [7, 11) is 1.35. The third-order valence-corrected chi connectivity index (χ3v) is 2.08. The molecule has 0 N–H and O–H groups in total. The van der Waals surface area contributed by atoms with Crippen molar-refractivity contribution in [3.8, 4) is 0 Å². The van der Waals surface area contributed by atoms with Crippen LogP contribution in [0.25, 0.3) is 0 Å². The number of carbonyl (C=O) groups excluding carboxylic acids is 1. The van der Waals surface area contributed by atoms with E-state index in [0.717, 1.165) is 30.6 Å². The molecule has 0 amide bonds. The van der Waals surface area contributed by atoms with Crippen LogP contribution in [0.15, 0.2) is 4.52 Å². The van der Waals surface area contributed by atoms with Crippen molar-refractivity contribution in [2.45, 2.75) is 19.3 Å². The highest BCUT2D eigenvalue weighted by Crippen LogP contribution is 2.25. The van der Waals surface area contributed by atoms with Crippen molar-refractivity contribution in [2.75, 3.05) is 7.11 Å². The molecule has 2 rings (SSSR count). The number of aryl methyl sites for hydroxylation is 1. The van der Waals surface area contributed by atoms with Crippen LogP contribution >= 0.6 is 0 Å². The van der Waals surface area contributed by atoms with Crippen molar-refractivity contribution in [1.82, 2.24) is 5.16 Å². The predicted molar refractivity (Wildman–Crippen MR) is 39.9 cm³/mol. The lowest BCUT2D eigenvalue weighted by Gasteiger charge is -1.93. The molecule has 1 aliphatic carbocycles. The first-order chi connectivity index (χ1) is 5.83. The number of nitrogens with zero attached hydrogens (tertiary/aromatic N) is 1. The van der Waals surface area contributed by atoms with Crippen LogP contribution in [0.4, 0.5) is 0 Å². The molecule has 0 unspecified atom stereocenters. The van der Waals surface area contributed by atoms with Gasteiger partial charge < -0.3 is 9.26 Å². The molecule has 4 heteroatoms. The summed E-state index contributed by atoms with van der Waals surface area (Å²) in [5.74, 6) is 0.442. The van der Waals surface area contributed by atoms with Crippen LogP contribution in [0.5, 0.6) is 0 Å². The Morgan fingerprint density at radius 2 is 2.42 bits per heavy atom. The number of ether oxygens (including phenoxy) is 1. The zero-order chi connectivity index (χ0) is 8.55. The van der Waals surface area contributed by atoms with E-state index in [4.69, 9.17) is 4.52 Å². The van der Waals surface area contributed by atoms with Gasteiger partial charge in [0.2, 0.25) is 0 Å². The first-order valence-corrected chi connectivity index (χ1v) is 3.88. The molecule has 0 fully saturated rings. The maximum atomic E-state index is 11.1. The van der Waals surface area contributed by atoms with Crippen LogP contribution in [0, 0.1) is 0 Å². The Hall–Kier alpha value is -1.32. The molecule has 0 aromatic carbocycles. The second-order valence-electron chi connectivity index (χ2n) is 2.78. The van der Waals surface area contributed by atoms with E-state index in [-0.39, 0.29) is 0 Å². The van der Waals surface area contributed by atoms with Crippen LogP contribution in [0.1, 0.15) is 28.2 Å². The van der Waals surface area contributed by atoms with E-state index in [1.807, 2.05) is 0 Å². The van der Waals surface area contributed by atoms with E-state index in [2.05, 4.69) is 9.89 Å². The van der Waals surface area contributed by atoms with Crippen LogP contribution in [0.3, 0.4) is 0 Å². The molecule has 0 aliphatic heterocycles. The summed E-state index contributed by atoms with van der Waals surface area (Å²) in [4.78, 5) is 11.1. The molecule has 1 aromatic rings. The first-order valence-electron chi connectivity index (χ1n) is 3.88. The highest BCUT2D eigenvalue weighted by Gasteiger charge is 2.25. The van der Waals surface area contributed by atoms with Gasteiger partial charge in [-0.3, -0.25) is 0 Å². The number of methoxy groups -OCH3 is 1. The minimum Gasteiger partial charge on any atom is -0.464 e. The number of carbonyl (C=O) groups is 1. The monoisotopic (exact) mass is 167 g/mol. The van der Waals surface area contributed by atoms with Crippen molar-refractivity contribution in [2.24, 2.45) is 0 Å². The first kappa shape index (κ1) is 7.34. The normalized spacial score (nSPS) is 14.4. The fraction of sp³-hybridized carbons (Fsp3) is 0.500. The van der Waals surface area contributed by atoms with Crippen molar-refractivity contribution in [1.29, 1.82) is 0 Å². The Morgan fingerprint density at radius 3 is 3.17 bits per heavy atom. The predicted octanol–water partition coefficient (Wildman–Crippen LogP) is 0.950. The second-order valence-corrected chi connectivity index (χ2v) is 2.78. The molecule has 64 valence electrons. The molecular weight excluding hydrogens is 158 g/mol. The highest BCUT2D eigenvalue weighted by atomic mass is 16.5. The zero-order valence-corrected chi connectivity index (χ0v) is 6.79. The maximum Gasteiger partial charge on any atom is 0.360 e. The Kier molecular flexibility index (Phi) is 1.60. The van der Waals surface area contributed by atoms with Crippen molar-refractivity contribution in [3.05, 3.63) is 17.0 Å². The molecule has 12 heavy (non-hydrogen) atoms. The highest BCUT2D eigenvalue weighted by molar-refractivity contribution is 5.89. The van der Waals surface area contributed by atoms with Crippen LogP contribution in [0.2, 0.25) is 0 Å². The fourth-order valence-corrected chi connectivity index (χ4v) is 1.48. The van der Waals surface area contributed by atoms with Crippen LogP contribution in [-0.2, 0) is 17.6 Å². The minimum absolute atomic E-state index is 0.352. The summed E-state index contributed by atoms with van der Waals surface area (Å²) < 4.78 is 9.54. The second kappa shape index (κ2) is 2.62. The number of rotatable bonds is 1. The fourth-order valence-electron chi connectivity index (χ4n) is 1.48. The lowest BCUT2D eigenvalue weighted by molar-refractivity contribution is 0.0588. The molecular formula is C8H9NO3. The molecule has 0 bridgehead atoms. The van der Waals surface area contributed by atoms with E-state index in [1.54, 1.807) is 0 Å². The number of fused-ring (bicyclic) bond motifs is 1. The summed E-state index contributed by atoms with van der Waals surface area (Å²) in [6, 6.07) is 0. The molecule has 0 atom stereocenters. The third-order valence-electron chi connectivity index (χ3n) is 2.08. The van der Waals surface area contributed by atoms with Gasteiger partial charge in [0.1, 0.15) is 5.76 Å². The van der Waals surface area contributed by atoms with Gasteiger partial charge in [0.15, 0.2) is 5.69 Å². The van der Waals surface area contributed by atoms with Crippen LogP contribution < -0.4 is 0 Å². The van der Waals surface area contributed by atoms with Gasteiger partial charge in [-0.15, -0.1) is 0 Å². The Labute approximate surface area is 69.5 Å². The Bertz CT molecular complexity index is 316. The molecule has 1 aromatic heterocycles. The van der Waals surface area contributed by atoms with Gasteiger partial charge in [-0.05, 0) is 12.8 Å². The topological polar surface area (TPSA) is 52.3 Å². The molecule has 0 spiro atoms. The Balaban J connectivity index is 2.39. The number of hydrogen-bond acceptors (Lipinski definition) is 4. The Morgan fingerprint density at radius 1 is 1.58 bits per heavy atom. The van der Waals surface area contributed by atoms with Gasteiger partial charge in [-0.2, -0.15) is 0 Å². The summed E-state index contributed by atoms with van der Waals surface area (Å²) in [5, 5.41) is 3.66. The average Bonchev–Trinajstić information content (AvgIpc) is 2.62. The molecule has 0 radical (unpaired) electrons. The molecule has 4 nitrogen and oxygen atoms in total. The van der Waals surface area contributed by atoms with E-state index in [9.17, 15) is 4.79 Å². The molecule has 0 saturated carbocycles. The largest absolute Gasteiger partial charge is 0.464 e. The van der Waals surface area contributed by atoms with Crippen molar-refractivity contribution >= 4 is 5.97 Å². The van der Waals surface area contributed by atoms with Gasteiger partial charge in [-0.1, -0.05) is 5.16 Å². The van der Waals surface area contributed by atoms with Gasteiger partial charge in [0.05, 0.1) is 7.11 Å². The smallest absolute Gasteiger partial charge is 0.360 e. The van der Waals surface area contributed by atoms with Crippen molar-refractivity contribution < 1.29 is 14.1 Å². The number of esters is 1. The van der Waals surface area contributed by atoms with Crippen LogP contribution in [-0.4, -0.2) is 18.2 Å². The maximum absolute atomic E-state index is 11.1. The van der Waals surface area contributed by atoms with Gasteiger partial charge in [0.25, 0.3) is 0 Å². The van der Waals surface area contributed by atoms with Gasteiger partial charge in [0, 0.05) is 12.0 Å². The van der Waals surface area contributed by atoms with E-state index < -0.39 is 5.97 Å².